The van der Waals surface area contributed by atoms with Crippen molar-refractivity contribution >= 4 is 17.6 Å². The van der Waals surface area contributed by atoms with Crippen molar-refractivity contribution in [2.24, 2.45) is 7.05 Å². The Hall–Kier alpha value is -1.56. The summed E-state index contributed by atoms with van der Waals surface area (Å²) in [6.45, 7) is 9.29. The molecule has 114 valence electrons. The van der Waals surface area contributed by atoms with Crippen LogP contribution in [0, 0.1) is 6.92 Å². The number of nitrogens with one attached hydrogen (secondary N) is 1. The minimum absolute atomic E-state index is 0.306. The molecule has 6 heteroatoms. The van der Waals surface area contributed by atoms with Crippen molar-refractivity contribution in [2.75, 3.05) is 11.9 Å². The summed E-state index contributed by atoms with van der Waals surface area (Å²) in [5.41, 5.74) is 1.02. The van der Waals surface area contributed by atoms with E-state index in [2.05, 4.69) is 47.2 Å². The zero-order valence-electron chi connectivity index (χ0n) is 13.3. The van der Waals surface area contributed by atoms with E-state index in [-0.39, 0.29) is 0 Å². The molecule has 0 saturated carbocycles. The maximum Gasteiger partial charge on any atom is 0.134 e. The van der Waals surface area contributed by atoms with Gasteiger partial charge in [0.1, 0.15) is 21.7 Å². The number of aryl methyl sites for hydroxylation is 2. The molecule has 2 aromatic heterocycles. The molecule has 0 radical (unpaired) electrons. The van der Waals surface area contributed by atoms with E-state index in [4.69, 9.17) is 0 Å². The first-order chi connectivity index (χ1) is 9.99. The summed E-state index contributed by atoms with van der Waals surface area (Å²) in [7, 11) is 1.95. The molecule has 0 bridgehead atoms. The summed E-state index contributed by atoms with van der Waals surface area (Å²) in [5, 5.41) is 9.76. The van der Waals surface area contributed by atoms with Crippen molar-refractivity contribution < 1.29 is 0 Å². The molecule has 0 amide bonds. The van der Waals surface area contributed by atoms with Crippen LogP contribution in [0.4, 0.5) is 5.82 Å². The summed E-state index contributed by atoms with van der Waals surface area (Å²) in [5.74, 6) is 2.08. The second-order valence-electron chi connectivity index (χ2n) is 5.38. The van der Waals surface area contributed by atoms with Crippen LogP contribution in [0.1, 0.15) is 44.6 Å². The van der Waals surface area contributed by atoms with Crippen molar-refractivity contribution in [1.29, 1.82) is 0 Å². The normalized spacial score (nSPS) is 11.1. The molecular weight excluding hydrogens is 282 g/mol. The number of hydrogen-bond donors (Lipinski definition) is 1. The lowest BCUT2D eigenvalue weighted by molar-refractivity contribution is 0.691. The van der Waals surface area contributed by atoms with E-state index in [0.29, 0.717) is 5.92 Å². The fourth-order valence-electron chi connectivity index (χ4n) is 1.89. The van der Waals surface area contributed by atoms with E-state index in [1.165, 1.54) is 0 Å². The third kappa shape index (κ3) is 4.20. The van der Waals surface area contributed by atoms with Crippen molar-refractivity contribution in [1.82, 2.24) is 19.7 Å². The van der Waals surface area contributed by atoms with Gasteiger partial charge in [-0.3, -0.25) is 4.68 Å². The second kappa shape index (κ2) is 6.93. The fraction of sp³-hybridized carbons (Fsp3) is 0.533. The van der Waals surface area contributed by atoms with E-state index in [9.17, 15) is 0 Å². The molecule has 0 aliphatic rings. The molecule has 1 N–H and O–H groups in total. The van der Waals surface area contributed by atoms with Crippen LogP contribution in [0.3, 0.4) is 0 Å². The molecule has 0 unspecified atom stereocenters. The first-order valence-electron chi connectivity index (χ1n) is 7.31. The Bertz CT molecular complexity index is 606. The van der Waals surface area contributed by atoms with Gasteiger partial charge in [-0.1, -0.05) is 32.5 Å². The predicted octanol–water partition coefficient (Wildman–Crippen LogP) is 3.62. The lowest BCUT2D eigenvalue weighted by atomic mass is 10.2. The van der Waals surface area contributed by atoms with Gasteiger partial charge < -0.3 is 5.32 Å². The Kier molecular flexibility index (Phi) is 5.22. The van der Waals surface area contributed by atoms with Crippen molar-refractivity contribution in [2.45, 2.75) is 50.1 Å². The highest BCUT2D eigenvalue weighted by molar-refractivity contribution is 7.99. The zero-order valence-corrected chi connectivity index (χ0v) is 14.2. The second-order valence-corrected chi connectivity index (χ2v) is 6.42. The summed E-state index contributed by atoms with van der Waals surface area (Å²) in [6.07, 6.45) is 1.07. The molecule has 0 fully saturated rings. The van der Waals surface area contributed by atoms with Crippen LogP contribution >= 0.6 is 11.8 Å². The fourth-order valence-corrected chi connectivity index (χ4v) is 2.81. The van der Waals surface area contributed by atoms with E-state index >= 15 is 0 Å². The summed E-state index contributed by atoms with van der Waals surface area (Å²) < 4.78 is 1.89. The third-order valence-electron chi connectivity index (χ3n) is 2.96. The monoisotopic (exact) mass is 305 g/mol. The van der Waals surface area contributed by atoms with Gasteiger partial charge in [0.2, 0.25) is 0 Å². The van der Waals surface area contributed by atoms with Crippen molar-refractivity contribution in [3.8, 4) is 0 Å². The third-order valence-corrected chi connectivity index (χ3v) is 3.97. The van der Waals surface area contributed by atoms with Gasteiger partial charge in [-0.25, -0.2) is 9.97 Å². The Morgan fingerprint density at radius 3 is 2.62 bits per heavy atom. The smallest absolute Gasteiger partial charge is 0.134 e. The minimum atomic E-state index is 0.306. The van der Waals surface area contributed by atoms with E-state index in [1.54, 1.807) is 11.8 Å². The summed E-state index contributed by atoms with van der Waals surface area (Å²) in [6, 6.07) is 4.08. The van der Waals surface area contributed by atoms with Gasteiger partial charge in [0, 0.05) is 25.6 Å². The molecule has 0 saturated heterocycles. The highest BCUT2D eigenvalue weighted by atomic mass is 32.2. The molecular formula is C15H23N5S. The first kappa shape index (κ1) is 15.8. The van der Waals surface area contributed by atoms with Crippen LogP contribution in [-0.4, -0.2) is 26.3 Å². The number of hydrogen-bond acceptors (Lipinski definition) is 5. The van der Waals surface area contributed by atoms with E-state index < -0.39 is 0 Å². The number of aromatic nitrogens is 4. The molecule has 21 heavy (non-hydrogen) atoms. The highest BCUT2D eigenvalue weighted by Crippen LogP contribution is 2.28. The predicted molar refractivity (Wildman–Crippen MR) is 87.0 cm³/mol. The molecule has 0 aliphatic carbocycles. The maximum atomic E-state index is 4.66. The van der Waals surface area contributed by atoms with E-state index in [0.717, 1.165) is 40.4 Å². The Morgan fingerprint density at radius 1 is 1.29 bits per heavy atom. The van der Waals surface area contributed by atoms with Crippen LogP contribution in [-0.2, 0) is 7.05 Å². The molecule has 0 aromatic carbocycles. The van der Waals surface area contributed by atoms with Crippen LogP contribution < -0.4 is 5.32 Å². The van der Waals surface area contributed by atoms with Gasteiger partial charge in [0.15, 0.2) is 0 Å². The van der Waals surface area contributed by atoms with Crippen LogP contribution in [0.5, 0.6) is 0 Å². The molecule has 0 aliphatic heterocycles. The minimum Gasteiger partial charge on any atom is -0.370 e. The van der Waals surface area contributed by atoms with Gasteiger partial charge in [-0.2, -0.15) is 5.10 Å². The Morgan fingerprint density at radius 2 is 2.05 bits per heavy atom. The Labute approximate surface area is 130 Å². The first-order valence-corrected chi connectivity index (χ1v) is 8.12. The topological polar surface area (TPSA) is 55.6 Å². The summed E-state index contributed by atoms with van der Waals surface area (Å²) >= 11 is 1.62. The van der Waals surface area contributed by atoms with Gasteiger partial charge in [0.05, 0.1) is 5.69 Å². The summed E-state index contributed by atoms with van der Waals surface area (Å²) in [4.78, 5) is 9.24. The van der Waals surface area contributed by atoms with Crippen LogP contribution in [0.2, 0.25) is 0 Å². The molecule has 5 nitrogen and oxygen atoms in total. The Balaban J connectivity index is 2.28. The van der Waals surface area contributed by atoms with E-state index in [1.807, 2.05) is 24.7 Å². The van der Waals surface area contributed by atoms with Gasteiger partial charge in [-0.05, 0) is 19.4 Å². The van der Waals surface area contributed by atoms with Gasteiger partial charge in [-0.15, -0.1) is 0 Å². The maximum absolute atomic E-state index is 4.66. The van der Waals surface area contributed by atoms with Crippen molar-refractivity contribution in [3.63, 3.8) is 0 Å². The lowest BCUT2D eigenvalue weighted by Crippen LogP contribution is -2.07. The average Bonchev–Trinajstić information content (AvgIpc) is 2.74. The SMILES string of the molecule is CCCNc1cc(Sc2cc(C)nn2C)nc(C(C)C)n1. The number of anilines is 1. The standard InChI is InChI=1S/C15H23N5S/c1-6-7-16-12-9-13(18-15(17-12)10(2)3)21-14-8-11(4)19-20(14)5/h8-10H,6-7H2,1-5H3,(H,16,17,18). The van der Waals surface area contributed by atoms with Crippen molar-refractivity contribution in [3.05, 3.63) is 23.7 Å². The molecule has 0 atom stereocenters. The largest absolute Gasteiger partial charge is 0.370 e. The lowest BCUT2D eigenvalue weighted by Gasteiger charge is -2.11. The quantitative estimate of drug-likeness (QED) is 0.826. The van der Waals surface area contributed by atoms with Crippen LogP contribution in [0.25, 0.3) is 0 Å². The van der Waals surface area contributed by atoms with Crippen LogP contribution in [0.15, 0.2) is 22.2 Å². The molecule has 2 rings (SSSR count). The van der Waals surface area contributed by atoms with Gasteiger partial charge >= 0.3 is 0 Å². The highest BCUT2D eigenvalue weighted by Gasteiger charge is 2.11. The molecule has 2 aromatic rings. The number of nitrogens with zero attached hydrogens (tertiary/aromatic N) is 4. The molecule has 0 spiro atoms. The number of rotatable bonds is 6. The average molecular weight is 305 g/mol. The zero-order chi connectivity index (χ0) is 15.4. The van der Waals surface area contributed by atoms with Gasteiger partial charge in [0.25, 0.3) is 0 Å². The molecule has 2 heterocycles.